The van der Waals surface area contributed by atoms with Crippen LogP contribution in [-0.2, 0) is 15.8 Å². The van der Waals surface area contributed by atoms with Crippen molar-refractivity contribution in [3.63, 3.8) is 0 Å². The highest BCUT2D eigenvalue weighted by Crippen LogP contribution is 2.25. The highest BCUT2D eigenvalue weighted by molar-refractivity contribution is 7.88. The van der Waals surface area contributed by atoms with Crippen LogP contribution in [-0.4, -0.2) is 34.0 Å². The Bertz CT molecular complexity index is 779. The predicted molar refractivity (Wildman–Crippen MR) is 94.9 cm³/mol. The van der Waals surface area contributed by atoms with Crippen LogP contribution in [0.25, 0.3) is 0 Å². The second-order valence-electron chi connectivity index (χ2n) is 5.73. The summed E-state index contributed by atoms with van der Waals surface area (Å²) in [5, 5.41) is 0.592. The molecule has 0 aromatic heterocycles. The number of benzene rings is 2. The molecule has 7 heteroatoms. The molecule has 0 saturated carbocycles. The molecule has 0 aliphatic carbocycles. The Morgan fingerprint density at radius 2 is 1.75 bits per heavy atom. The molecular formula is C17H20ClFN2O2S. The van der Waals surface area contributed by atoms with Crippen LogP contribution in [0.15, 0.2) is 48.5 Å². The Hall–Kier alpha value is -1.47. The van der Waals surface area contributed by atoms with E-state index >= 15 is 0 Å². The SMILES string of the molecule is CN(C)[C@@H](CNS(=O)(=O)Cc1ccc(F)cc1)c1ccccc1Cl. The third-order valence-corrected chi connectivity index (χ3v) is 5.32. The molecule has 0 heterocycles. The first kappa shape index (κ1) is 18.9. The minimum Gasteiger partial charge on any atom is -0.301 e. The van der Waals surface area contributed by atoms with Crippen molar-refractivity contribution in [1.29, 1.82) is 0 Å². The number of halogens is 2. The summed E-state index contributed by atoms with van der Waals surface area (Å²) in [5.74, 6) is -0.592. The van der Waals surface area contributed by atoms with Crippen molar-refractivity contribution >= 4 is 21.6 Å². The van der Waals surface area contributed by atoms with Crippen LogP contribution >= 0.6 is 11.6 Å². The first-order valence-corrected chi connectivity index (χ1v) is 9.44. The van der Waals surface area contributed by atoms with Gasteiger partial charge in [-0.15, -0.1) is 0 Å². The van der Waals surface area contributed by atoms with E-state index in [2.05, 4.69) is 4.72 Å². The Labute approximate surface area is 147 Å². The zero-order valence-corrected chi connectivity index (χ0v) is 15.1. The van der Waals surface area contributed by atoms with Gasteiger partial charge in [0.15, 0.2) is 0 Å². The molecule has 0 bridgehead atoms. The minimum absolute atomic E-state index is 0.193. The van der Waals surface area contributed by atoms with Gasteiger partial charge in [0, 0.05) is 17.6 Å². The van der Waals surface area contributed by atoms with Crippen molar-refractivity contribution in [2.24, 2.45) is 0 Å². The summed E-state index contributed by atoms with van der Waals surface area (Å²) in [6, 6.07) is 12.6. The van der Waals surface area contributed by atoms with Gasteiger partial charge in [-0.2, -0.15) is 0 Å². The van der Waals surface area contributed by atoms with Gasteiger partial charge < -0.3 is 4.90 Å². The number of likely N-dealkylation sites (N-methyl/N-ethyl adjacent to an activating group) is 1. The van der Waals surface area contributed by atoms with Crippen molar-refractivity contribution < 1.29 is 12.8 Å². The normalized spacial score (nSPS) is 13.2. The van der Waals surface area contributed by atoms with E-state index in [4.69, 9.17) is 11.6 Å². The minimum atomic E-state index is -3.54. The van der Waals surface area contributed by atoms with Gasteiger partial charge in [0.25, 0.3) is 0 Å². The first-order valence-electron chi connectivity index (χ1n) is 7.41. The number of hydrogen-bond acceptors (Lipinski definition) is 3. The topological polar surface area (TPSA) is 49.4 Å². The van der Waals surface area contributed by atoms with Crippen molar-refractivity contribution in [1.82, 2.24) is 9.62 Å². The van der Waals surface area contributed by atoms with Crippen LogP contribution in [0.3, 0.4) is 0 Å². The molecule has 130 valence electrons. The van der Waals surface area contributed by atoms with E-state index in [1.165, 1.54) is 24.3 Å². The summed E-state index contributed by atoms with van der Waals surface area (Å²) in [6.45, 7) is 0.195. The molecule has 24 heavy (non-hydrogen) atoms. The number of hydrogen-bond donors (Lipinski definition) is 1. The maximum absolute atomic E-state index is 12.9. The Balaban J connectivity index is 2.08. The monoisotopic (exact) mass is 370 g/mol. The molecule has 0 amide bonds. The molecule has 0 radical (unpaired) electrons. The molecule has 0 fully saturated rings. The molecule has 0 spiro atoms. The number of nitrogens with one attached hydrogen (secondary N) is 1. The summed E-state index contributed by atoms with van der Waals surface area (Å²) >= 11 is 6.22. The lowest BCUT2D eigenvalue weighted by Gasteiger charge is -2.26. The fourth-order valence-corrected chi connectivity index (χ4v) is 3.78. The van der Waals surface area contributed by atoms with Gasteiger partial charge in [0.1, 0.15) is 5.82 Å². The number of sulfonamides is 1. The molecule has 0 aliphatic rings. The zero-order valence-electron chi connectivity index (χ0n) is 13.5. The van der Waals surface area contributed by atoms with Gasteiger partial charge in [-0.05, 0) is 43.4 Å². The van der Waals surface area contributed by atoms with Crippen molar-refractivity contribution in [3.8, 4) is 0 Å². The highest BCUT2D eigenvalue weighted by Gasteiger charge is 2.20. The summed E-state index contributed by atoms with van der Waals surface area (Å²) in [5.41, 5.74) is 1.39. The van der Waals surface area contributed by atoms with E-state index in [1.807, 2.05) is 37.2 Å². The maximum atomic E-state index is 12.9. The zero-order chi connectivity index (χ0) is 17.7. The van der Waals surface area contributed by atoms with Gasteiger partial charge >= 0.3 is 0 Å². The predicted octanol–water partition coefficient (Wildman–Crippen LogP) is 3.20. The molecule has 0 saturated heterocycles. The van der Waals surface area contributed by atoms with Crippen LogP contribution in [0.4, 0.5) is 4.39 Å². The summed E-state index contributed by atoms with van der Waals surface area (Å²) in [7, 11) is 0.188. The van der Waals surface area contributed by atoms with E-state index in [-0.39, 0.29) is 18.3 Å². The van der Waals surface area contributed by atoms with Crippen LogP contribution in [0, 0.1) is 5.82 Å². The molecule has 0 unspecified atom stereocenters. The largest absolute Gasteiger partial charge is 0.301 e. The van der Waals surface area contributed by atoms with Crippen LogP contribution < -0.4 is 4.72 Å². The third kappa shape index (κ3) is 5.27. The van der Waals surface area contributed by atoms with E-state index in [0.29, 0.717) is 10.6 Å². The average molecular weight is 371 g/mol. The van der Waals surface area contributed by atoms with Crippen molar-refractivity contribution in [2.45, 2.75) is 11.8 Å². The molecular weight excluding hydrogens is 351 g/mol. The fraction of sp³-hybridized carbons (Fsp3) is 0.294. The van der Waals surface area contributed by atoms with Crippen LogP contribution in [0.5, 0.6) is 0 Å². The second-order valence-corrected chi connectivity index (χ2v) is 7.95. The summed E-state index contributed by atoms with van der Waals surface area (Å²) in [6.07, 6.45) is 0. The molecule has 2 aromatic carbocycles. The molecule has 4 nitrogen and oxygen atoms in total. The Morgan fingerprint density at radius 3 is 2.33 bits per heavy atom. The second kappa shape index (κ2) is 8.07. The summed E-state index contributed by atoms with van der Waals surface area (Å²) < 4.78 is 40.1. The van der Waals surface area contributed by atoms with Crippen molar-refractivity contribution in [2.75, 3.05) is 20.6 Å². The quantitative estimate of drug-likeness (QED) is 0.814. The average Bonchev–Trinajstić information content (AvgIpc) is 2.51. The van der Waals surface area contributed by atoms with E-state index < -0.39 is 15.8 Å². The van der Waals surface area contributed by atoms with E-state index in [0.717, 1.165) is 5.56 Å². The fourth-order valence-electron chi connectivity index (χ4n) is 2.37. The molecule has 2 aromatic rings. The van der Waals surface area contributed by atoms with E-state index in [9.17, 15) is 12.8 Å². The number of nitrogens with zero attached hydrogens (tertiary/aromatic N) is 1. The number of rotatable bonds is 7. The third-order valence-electron chi connectivity index (χ3n) is 3.65. The lowest BCUT2D eigenvalue weighted by Crippen LogP contribution is -2.35. The first-order chi connectivity index (χ1) is 11.3. The smallest absolute Gasteiger partial charge is 0.215 e. The van der Waals surface area contributed by atoms with Crippen LogP contribution in [0.1, 0.15) is 17.2 Å². The van der Waals surface area contributed by atoms with Gasteiger partial charge in [0.05, 0.1) is 5.75 Å². The van der Waals surface area contributed by atoms with Crippen molar-refractivity contribution in [3.05, 3.63) is 70.5 Å². The van der Waals surface area contributed by atoms with Gasteiger partial charge in [-0.3, -0.25) is 0 Å². The molecule has 2 rings (SSSR count). The van der Waals surface area contributed by atoms with Crippen LogP contribution in [0.2, 0.25) is 5.02 Å². The lowest BCUT2D eigenvalue weighted by atomic mass is 10.1. The van der Waals surface area contributed by atoms with Gasteiger partial charge in [-0.25, -0.2) is 17.5 Å². The van der Waals surface area contributed by atoms with E-state index in [1.54, 1.807) is 6.07 Å². The standard InChI is InChI=1S/C17H20ClFN2O2S/c1-21(2)17(15-5-3-4-6-16(15)18)11-20-24(22,23)12-13-7-9-14(19)10-8-13/h3-10,17,20H,11-12H2,1-2H3/t17-/m0/s1. The highest BCUT2D eigenvalue weighted by atomic mass is 35.5. The molecule has 0 aliphatic heterocycles. The van der Waals surface area contributed by atoms with Gasteiger partial charge in [-0.1, -0.05) is 41.9 Å². The molecule has 1 atom stereocenters. The molecule has 1 N–H and O–H groups in total. The Kier molecular flexibility index (Phi) is 6.34. The Morgan fingerprint density at radius 1 is 1.12 bits per heavy atom. The summed E-state index contributed by atoms with van der Waals surface area (Å²) in [4.78, 5) is 1.90. The lowest BCUT2D eigenvalue weighted by molar-refractivity contribution is 0.299. The maximum Gasteiger partial charge on any atom is 0.215 e. The van der Waals surface area contributed by atoms with Gasteiger partial charge in [0.2, 0.25) is 10.0 Å².